The van der Waals surface area contributed by atoms with Crippen LogP contribution in [0.2, 0.25) is 0 Å². The summed E-state index contributed by atoms with van der Waals surface area (Å²) in [6.07, 6.45) is 0. The largest absolute Gasteiger partial charge is 0.324 e. The van der Waals surface area contributed by atoms with Gasteiger partial charge in [0.15, 0.2) is 4.34 Å². The maximum atomic E-state index is 6.01. The van der Waals surface area contributed by atoms with E-state index in [1.807, 2.05) is 37.3 Å². The number of nitrogens with two attached hydrogens (primary N) is 1. The van der Waals surface area contributed by atoms with Gasteiger partial charge in [-0.15, -0.1) is 11.3 Å². The third-order valence-electron chi connectivity index (χ3n) is 2.88. The smallest absolute Gasteiger partial charge is 0.155 e. The fourth-order valence-electron chi connectivity index (χ4n) is 1.94. The molecule has 19 heavy (non-hydrogen) atoms. The lowest BCUT2D eigenvalue weighted by atomic mass is 10.1. The van der Waals surface area contributed by atoms with Crippen molar-refractivity contribution in [2.24, 2.45) is 5.73 Å². The van der Waals surface area contributed by atoms with Gasteiger partial charge in [-0.3, -0.25) is 0 Å². The molecule has 0 fully saturated rings. The lowest BCUT2D eigenvalue weighted by molar-refractivity contribution is 0.797. The first-order valence-electron chi connectivity index (χ1n) is 6.12. The van der Waals surface area contributed by atoms with E-state index in [1.165, 1.54) is 15.2 Å². The average molecular weight is 286 g/mol. The summed E-state index contributed by atoms with van der Waals surface area (Å²) in [5.74, 6) is 0. The van der Waals surface area contributed by atoms with Crippen molar-refractivity contribution in [3.05, 3.63) is 54.1 Å². The molecular weight excluding hydrogens is 272 g/mol. The van der Waals surface area contributed by atoms with E-state index < -0.39 is 0 Å². The van der Waals surface area contributed by atoms with Crippen molar-refractivity contribution in [2.75, 3.05) is 0 Å². The van der Waals surface area contributed by atoms with E-state index in [9.17, 15) is 0 Å². The van der Waals surface area contributed by atoms with Gasteiger partial charge in [-0.05, 0) is 30.7 Å². The van der Waals surface area contributed by atoms with E-state index in [1.54, 1.807) is 23.1 Å². The Hall–Kier alpha value is -1.36. The van der Waals surface area contributed by atoms with Gasteiger partial charge in [-0.2, -0.15) is 0 Å². The number of hydrogen-bond donors (Lipinski definition) is 1. The highest BCUT2D eigenvalue weighted by atomic mass is 32.2. The molecule has 2 N–H and O–H groups in total. The standard InChI is InChI=1S/C15H14N2S2/c1-10(16)11-6-2-4-8-13(11)18-15-17-12-7-3-5-9-14(12)19-15/h2-10H,16H2,1H3/t10-/m0/s1. The fourth-order valence-corrected chi connectivity index (χ4v) is 4.19. The average Bonchev–Trinajstić information content (AvgIpc) is 2.81. The molecule has 0 amide bonds. The van der Waals surface area contributed by atoms with Crippen molar-refractivity contribution in [1.82, 2.24) is 4.98 Å². The Morgan fingerprint density at radius 3 is 2.63 bits per heavy atom. The molecule has 0 spiro atoms. The van der Waals surface area contributed by atoms with Gasteiger partial charge in [-0.1, -0.05) is 42.1 Å². The van der Waals surface area contributed by atoms with Crippen LogP contribution in [0.5, 0.6) is 0 Å². The molecule has 0 radical (unpaired) electrons. The molecule has 2 aromatic carbocycles. The highest BCUT2D eigenvalue weighted by Crippen LogP contribution is 2.36. The molecule has 0 aliphatic rings. The number of rotatable bonds is 3. The Balaban J connectivity index is 1.97. The lowest BCUT2D eigenvalue weighted by Gasteiger charge is -2.10. The van der Waals surface area contributed by atoms with E-state index in [0.717, 1.165) is 9.86 Å². The molecule has 1 aromatic heterocycles. The van der Waals surface area contributed by atoms with Crippen molar-refractivity contribution < 1.29 is 0 Å². The SMILES string of the molecule is C[C@H](N)c1ccccc1Sc1nc2ccccc2s1. The van der Waals surface area contributed by atoms with Crippen molar-refractivity contribution in [3.8, 4) is 0 Å². The zero-order valence-electron chi connectivity index (χ0n) is 10.5. The highest BCUT2D eigenvalue weighted by molar-refractivity contribution is 8.01. The van der Waals surface area contributed by atoms with E-state index in [-0.39, 0.29) is 6.04 Å². The van der Waals surface area contributed by atoms with Gasteiger partial charge in [0, 0.05) is 10.9 Å². The van der Waals surface area contributed by atoms with Crippen LogP contribution in [0, 0.1) is 0 Å². The Morgan fingerprint density at radius 2 is 1.84 bits per heavy atom. The Kier molecular flexibility index (Phi) is 3.55. The highest BCUT2D eigenvalue weighted by Gasteiger charge is 2.10. The molecule has 0 aliphatic heterocycles. The summed E-state index contributed by atoms with van der Waals surface area (Å²) in [5.41, 5.74) is 8.25. The van der Waals surface area contributed by atoms with Crippen LogP contribution in [0.3, 0.4) is 0 Å². The number of thiazole rings is 1. The Morgan fingerprint density at radius 1 is 1.11 bits per heavy atom. The first kappa shape index (κ1) is 12.7. The Labute approximate surface area is 120 Å². The van der Waals surface area contributed by atoms with Crippen LogP contribution in [-0.2, 0) is 0 Å². The molecule has 4 heteroatoms. The predicted molar refractivity (Wildman–Crippen MR) is 82.8 cm³/mol. The normalized spacial score (nSPS) is 12.7. The maximum absolute atomic E-state index is 6.01. The molecular formula is C15H14N2S2. The maximum Gasteiger partial charge on any atom is 0.155 e. The first-order chi connectivity index (χ1) is 9.24. The zero-order chi connectivity index (χ0) is 13.2. The van der Waals surface area contributed by atoms with Crippen LogP contribution in [0.25, 0.3) is 10.2 Å². The van der Waals surface area contributed by atoms with Gasteiger partial charge in [0.2, 0.25) is 0 Å². The molecule has 0 saturated heterocycles. The third kappa shape index (κ3) is 2.66. The van der Waals surface area contributed by atoms with Crippen LogP contribution in [0.1, 0.15) is 18.5 Å². The van der Waals surface area contributed by atoms with Crippen molar-refractivity contribution >= 4 is 33.3 Å². The topological polar surface area (TPSA) is 38.9 Å². The molecule has 0 aliphatic carbocycles. The summed E-state index contributed by atoms with van der Waals surface area (Å²) in [6.45, 7) is 2.01. The summed E-state index contributed by atoms with van der Waals surface area (Å²) in [6, 6.07) is 16.5. The monoisotopic (exact) mass is 286 g/mol. The minimum Gasteiger partial charge on any atom is -0.324 e. The van der Waals surface area contributed by atoms with E-state index in [2.05, 4.69) is 23.2 Å². The third-order valence-corrected chi connectivity index (χ3v) is 5.07. The number of fused-ring (bicyclic) bond motifs is 1. The predicted octanol–water partition coefficient (Wildman–Crippen LogP) is 4.47. The number of nitrogens with zero attached hydrogens (tertiary/aromatic N) is 1. The second-order valence-electron chi connectivity index (χ2n) is 4.38. The van der Waals surface area contributed by atoms with Crippen LogP contribution < -0.4 is 5.73 Å². The van der Waals surface area contributed by atoms with Crippen LogP contribution in [0.4, 0.5) is 0 Å². The van der Waals surface area contributed by atoms with Crippen LogP contribution in [0.15, 0.2) is 57.8 Å². The van der Waals surface area contributed by atoms with Crippen molar-refractivity contribution in [2.45, 2.75) is 22.2 Å². The Bertz CT molecular complexity index is 671. The molecule has 3 rings (SSSR count). The zero-order valence-corrected chi connectivity index (χ0v) is 12.2. The lowest BCUT2D eigenvalue weighted by Crippen LogP contribution is -2.05. The summed E-state index contributed by atoms with van der Waals surface area (Å²) in [4.78, 5) is 5.84. The minimum absolute atomic E-state index is 0.0399. The molecule has 3 aromatic rings. The minimum atomic E-state index is 0.0399. The van der Waals surface area contributed by atoms with Crippen LogP contribution in [-0.4, -0.2) is 4.98 Å². The van der Waals surface area contributed by atoms with Crippen molar-refractivity contribution in [3.63, 3.8) is 0 Å². The van der Waals surface area contributed by atoms with E-state index in [4.69, 9.17) is 5.73 Å². The van der Waals surface area contributed by atoms with Gasteiger partial charge in [0.1, 0.15) is 0 Å². The van der Waals surface area contributed by atoms with E-state index >= 15 is 0 Å². The number of hydrogen-bond acceptors (Lipinski definition) is 4. The molecule has 96 valence electrons. The van der Waals surface area contributed by atoms with E-state index in [0.29, 0.717) is 0 Å². The number of benzene rings is 2. The van der Waals surface area contributed by atoms with Gasteiger partial charge >= 0.3 is 0 Å². The molecule has 2 nitrogen and oxygen atoms in total. The second kappa shape index (κ2) is 5.33. The molecule has 0 saturated carbocycles. The molecule has 0 bridgehead atoms. The second-order valence-corrected chi connectivity index (χ2v) is 6.70. The van der Waals surface area contributed by atoms with Crippen molar-refractivity contribution in [1.29, 1.82) is 0 Å². The number of aromatic nitrogens is 1. The van der Waals surface area contributed by atoms with Crippen LogP contribution >= 0.6 is 23.1 Å². The summed E-state index contributed by atoms with van der Waals surface area (Å²) in [7, 11) is 0. The first-order valence-corrected chi connectivity index (χ1v) is 7.75. The van der Waals surface area contributed by atoms with Gasteiger partial charge in [0.05, 0.1) is 10.2 Å². The quantitative estimate of drug-likeness (QED) is 0.772. The van der Waals surface area contributed by atoms with Gasteiger partial charge < -0.3 is 5.73 Å². The summed E-state index contributed by atoms with van der Waals surface area (Å²) in [5, 5.41) is 0. The van der Waals surface area contributed by atoms with Gasteiger partial charge in [-0.25, -0.2) is 4.98 Å². The summed E-state index contributed by atoms with van der Waals surface area (Å²) >= 11 is 3.42. The molecule has 1 heterocycles. The molecule has 1 atom stereocenters. The summed E-state index contributed by atoms with van der Waals surface area (Å²) < 4.78 is 2.29. The molecule has 0 unspecified atom stereocenters. The fraction of sp³-hybridized carbons (Fsp3) is 0.133. The number of para-hydroxylation sites is 1. The van der Waals surface area contributed by atoms with Gasteiger partial charge in [0.25, 0.3) is 0 Å².